The fraction of sp³-hybridized carbons (Fsp3) is 0.312. The van der Waals surface area contributed by atoms with E-state index in [-0.39, 0.29) is 12.1 Å². The highest BCUT2D eigenvalue weighted by molar-refractivity contribution is 5.74. The summed E-state index contributed by atoms with van der Waals surface area (Å²) in [7, 11) is 0. The Morgan fingerprint density at radius 3 is 2.78 bits per heavy atom. The molecule has 23 heavy (non-hydrogen) atoms. The summed E-state index contributed by atoms with van der Waals surface area (Å²) in [5.74, 6) is 0.523. The van der Waals surface area contributed by atoms with Crippen LogP contribution in [0.5, 0.6) is 0 Å². The Morgan fingerprint density at radius 1 is 1.17 bits per heavy atom. The monoisotopic (exact) mass is 313 g/mol. The summed E-state index contributed by atoms with van der Waals surface area (Å²) in [5.41, 5.74) is 2.05. The number of rotatable bonds is 5. The van der Waals surface area contributed by atoms with Gasteiger partial charge in [-0.1, -0.05) is 24.3 Å². The second-order valence-corrected chi connectivity index (χ2v) is 5.35. The fourth-order valence-electron chi connectivity index (χ4n) is 2.68. The van der Waals surface area contributed by atoms with Crippen molar-refractivity contribution in [3.8, 4) is 0 Å². The zero-order valence-electron chi connectivity index (χ0n) is 12.6. The Hall–Kier alpha value is -2.67. The van der Waals surface area contributed by atoms with Crippen molar-refractivity contribution in [2.45, 2.75) is 18.6 Å². The van der Waals surface area contributed by atoms with E-state index in [1.165, 1.54) is 0 Å². The smallest absolute Gasteiger partial charge is 0.315 e. The van der Waals surface area contributed by atoms with E-state index in [9.17, 15) is 9.90 Å². The molecule has 120 valence electrons. The molecule has 2 atom stereocenters. The highest BCUT2D eigenvalue weighted by Crippen LogP contribution is 2.30. The number of aliphatic hydroxyl groups is 1. The van der Waals surface area contributed by atoms with Crippen molar-refractivity contribution in [2.75, 3.05) is 18.4 Å². The lowest BCUT2D eigenvalue weighted by Crippen LogP contribution is -2.42. The SMILES string of the molecule is O=C(NCCNc1ncccn1)NC1c2ccccc2CC1O. The quantitative estimate of drug-likeness (QED) is 0.613. The maximum atomic E-state index is 12.0. The van der Waals surface area contributed by atoms with Gasteiger partial charge < -0.3 is 21.1 Å². The molecule has 1 aliphatic rings. The third-order valence-corrected chi connectivity index (χ3v) is 3.75. The number of carbonyl (C=O) groups excluding carboxylic acids is 1. The molecule has 4 N–H and O–H groups in total. The number of aromatic nitrogens is 2. The van der Waals surface area contributed by atoms with Crippen LogP contribution in [0.3, 0.4) is 0 Å². The van der Waals surface area contributed by atoms with E-state index in [4.69, 9.17) is 0 Å². The van der Waals surface area contributed by atoms with Gasteiger partial charge in [0.2, 0.25) is 5.95 Å². The van der Waals surface area contributed by atoms with Gasteiger partial charge in [0.25, 0.3) is 0 Å². The molecule has 2 aromatic rings. The van der Waals surface area contributed by atoms with Gasteiger partial charge in [0.1, 0.15) is 0 Å². The molecule has 0 aliphatic heterocycles. The van der Waals surface area contributed by atoms with Crippen LogP contribution in [0, 0.1) is 0 Å². The van der Waals surface area contributed by atoms with Crippen LogP contribution in [-0.4, -0.2) is 40.3 Å². The van der Waals surface area contributed by atoms with Crippen molar-refractivity contribution < 1.29 is 9.90 Å². The maximum Gasteiger partial charge on any atom is 0.315 e. The number of hydrogen-bond acceptors (Lipinski definition) is 5. The van der Waals surface area contributed by atoms with Crippen LogP contribution >= 0.6 is 0 Å². The van der Waals surface area contributed by atoms with Gasteiger partial charge >= 0.3 is 6.03 Å². The van der Waals surface area contributed by atoms with E-state index < -0.39 is 6.10 Å². The van der Waals surface area contributed by atoms with Crippen LogP contribution in [0.2, 0.25) is 0 Å². The van der Waals surface area contributed by atoms with Crippen LogP contribution in [0.15, 0.2) is 42.7 Å². The number of fused-ring (bicyclic) bond motifs is 1. The van der Waals surface area contributed by atoms with E-state index >= 15 is 0 Å². The van der Waals surface area contributed by atoms with E-state index in [1.54, 1.807) is 18.5 Å². The first-order valence-electron chi connectivity index (χ1n) is 7.55. The average molecular weight is 313 g/mol. The lowest BCUT2D eigenvalue weighted by Gasteiger charge is -2.18. The Labute approximate surface area is 134 Å². The number of aliphatic hydroxyl groups excluding tert-OH is 1. The van der Waals surface area contributed by atoms with E-state index in [1.807, 2.05) is 24.3 Å². The molecule has 0 saturated heterocycles. The molecule has 7 heteroatoms. The minimum Gasteiger partial charge on any atom is -0.390 e. The fourth-order valence-corrected chi connectivity index (χ4v) is 2.68. The molecular formula is C16H19N5O2. The van der Waals surface area contributed by atoms with Crippen molar-refractivity contribution in [3.63, 3.8) is 0 Å². The first kappa shape index (κ1) is 15.2. The Morgan fingerprint density at radius 2 is 1.96 bits per heavy atom. The molecule has 2 unspecified atom stereocenters. The summed E-state index contributed by atoms with van der Waals surface area (Å²) < 4.78 is 0. The van der Waals surface area contributed by atoms with Gasteiger partial charge in [-0.25, -0.2) is 14.8 Å². The molecule has 3 rings (SSSR count). The van der Waals surface area contributed by atoms with Crippen molar-refractivity contribution in [3.05, 3.63) is 53.9 Å². The van der Waals surface area contributed by atoms with Gasteiger partial charge in [0.15, 0.2) is 0 Å². The lowest BCUT2D eigenvalue weighted by molar-refractivity contribution is 0.142. The summed E-state index contributed by atoms with van der Waals surface area (Å²) in [4.78, 5) is 20.0. The number of hydrogen-bond donors (Lipinski definition) is 4. The third kappa shape index (κ3) is 3.75. The number of carbonyl (C=O) groups is 1. The highest BCUT2D eigenvalue weighted by atomic mass is 16.3. The van der Waals surface area contributed by atoms with Crippen molar-refractivity contribution in [2.24, 2.45) is 0 Å². The van der Waals surface area contributed by atoms with Gasteiger partial charge in [-0.2, -0.15) is 0 Å². The molecule has 0 saturated carbocycles. The predicted octanol–water partition coefficient (Wildman–Crippen LogP) is 0.846. The van der Waals surface area contributed by atoms with Crippen LogP contribution in [0.25, 0.3) is 0 Å². The van der Waals surface area contributed by atoms with Gasteiger partial charge in [-0.3, -0.25) is 0 Å². The standard InChI is InChI=1S/C16H19N5O2/c22-13-10-11-4-1-2-5-12(11)14(13)21-16(23)20-9-8-19-15-17-6-3-7-18-15/h1-7,13-14,22H,8-10H2,(H,17,18,19)(H2,20,21,23). The maximum absolute atomic E-state index is 12.0. The van der Waals surface area contributed by atoms with Crippen molar-refractivity contribution in [1.29, 1.82) is 0 Å². The Bertz CT molecular complexity index is 665. The van der Waals surface area contributed by atoms with Gasteiger partial charge in [-0.05, 0) is 17.2 Å². The molecule has 0 spiro atoms. The summed E-state index contributed by atoms with van der Waals surface area (Å²) in [5, 5.41) is 18.7. The zero-order chi connectivity index (χ0) is 16.1. The first-order chi connectivity index (χ1) is 11.2. The Kier molecular flexibility index (Phi) is 4.68. The van der Waals surface area contributed by atoms with E-state index in [2.05, 4.69) is 25.9 Å². The normalized spacial score (nSPS) is 19.0. The van der Waals surface area contributed by atoms with Crippen LogP contribution < -0.4 is 16.0 Å². The number of benzene rings is 1. The second-order valence-electron chi connectivity index (χ2n) is 5.35. The largest absolute Gasteiger partial charge is 0.390 e. The van der Waals surface area contributed by atoms with Gasteiger partial charge in [-0.15, -0.1) is 0 Å². The summed E-state index contributed by atoms with van der Waals surface area (Å²) in [6.07, 6.45) is 3.27. The summed E-state index contributed by atoms with van der Waals surface area (Å²) in [6.45, 7) is 0.940. The second kappa shape index (κ2) is 7.06. The zero-order valence-corrected chi connectivity index (χ0v) is 12.6. The molecule has 1 heterocycles. The molecule has 0 fully saturated rings. The molecule has 1 aliphatic carbocycles. The van der Waals surface area contributed by atoms with Gasteiger partial charge in [0, 0.05) is 31.9 Å². The van der Waals surface area contributed by atoms with Crippen LogP contribution in [0.4, 0.5) is 10.7 Å². The number of nitrogens with zero attached hydrogens (tertiary/aromatic N) is 2. The number of anilines is 1. The number of nitrogens with one attached hydrogen (secondary N) is 3. The summed E-state index contributed by atoms with van der Waals surface area (Å²) >= 11 is 0. The minimum absolute atomic E-state index is 0.304. The van der Waals surface area contributed by atoms with E-state index in [0.29, 0.717) is 25.5 Å². The first-order valence-corrected chi connectivity index (χ1v) is 7.55. The average Bonchev–Trinajstić information content (AvgIpc) is 2.88. The third-order valence-electron chi connectivity index (χ3n) is 3.75. The topological polar surface area (TPSA) is 99.2 Å². The summed E-state index contributed by atoms with van der Waals surface area (Å²) in [6, 6.07) is 8.82. The highest BCUT2D eigenvalue weighted by Gasteiger charge is 2.31. The lowest BCUT2D eigenvalue weighted by atomic mass is 10.1. The molecular weight excluding hydrogens is 294 g/mol. The van der Waals surface area contributed by atoms with Crippen molar-refractivity contribution in [1.82, 2.24) is 20.6 Å². The van der Waals surface area contributed by atoms with Crippen LogP contribution in [-0.2, 0) is 6.42 Å². The van der Waals surface area contributed by atoms with Crippen molar-refractivity contribution >= 4 is 12.0 Å². The molecule has 0 bridgehead atoms. The Balaban J connectivity index is 1.45. The van der Waals surface area contributed by atoms with Gasteiger partial charge in [0.05, 0.1) is 12.1 Å². The number of amides is 2. The molecule has 0 radical (unpaired) electrons. The number of urea groups is 1. The molecule has 2 amide bonds. The molecule has 1 aromatic carbocycles. The molecule has 7 nitrogen and oxygen atoms in total. The van der Waals surface area contributed by atoms with Crippen LogP contribution in [0.1, 0.15) is 17.2 Å². The minimum atomic E-state index is -0.589. The predicted molar refractivity (Wildman–Crippen MR) is 85.9 cm³/mol. The molecule has 1 aromatic heterocycles. The van der Waals surface area contributed by atoms with E-state index in [0.717, 1.165) is 11.1 Å².